The Balaban J connectivity index is 2.06. The summed E-state index contributed by atoms with van der Waals surface area (Å²) in [6.45, 7) is -5.31. The van der Waals surface area contributed by atoms with Crippen LogP contribution in [0.1, 0.15) is 6.23 Å². The van der Waals surface area contributed by atoms with Crippen molar-refractivity contribution < 1.29 is 51.7 Å². The number of ether oxygens (including phenoxy) is 1. The van der Waals surface area contributed by atoms with Gasteiger partial charge in [0.25, 0.3) is 5.56 Å². The van der Waals surface area contributed by atoms with Crippen LogP contribution in [0, 0.1) is 0 Å². The number of rotatable bonds is 8. The Labute approximate surface area is 171 Å². The summed E-state index contributed by atoms with van der Waals surface area (Å²) in [5.41, 5.74) is -1.51. The van der Waals surface area contributed by atoms with Crippen LogP contribution < -0.4 is 11.2 Å². The van der Waals surface area contributed by atoms with Gasteiger partial charge in [0.05, 0.1) is 18.0 Å². The molecule has 0 spiro atoms. The van der Waals surface area contributed by atoms with E-state index in [1.807, 2.05) is 4.98 Å². The second kappa shape index (κ2) is 9.10. The topological polar surface area (TPSA) is 227 Å². The van der Waals surface area contributed by atoms with Crippen LogP contribution >= 0.6 is 35.0 Å². The SMILES string of the molecule is O=c1ccn([C@@H]2O[C@H](COP(O)(=S)OP(=O)(O)OP(=O)(O)O)[C@@H](O)[C@H]2S)c(=O)[nH]1. The maximum atomic E-state index is 11.8. The van der Waals surface area contributed by atoms with Crippen molar-refractivity contribution in [2.24, 2.45) is 0 Å². The van der Waals surface area contributed by atoms with Crippen molar-refractivity contribution >= 4 is 46.8 Å². The average molecular weight is 516 g/mol. The van der Waals surface area contributed by atoms with E-state index in [2.05, 4.69) is 33.1 Å². The highest BCUT2D eigenvalue weighted by Gasteiger charge is 2.45. The molecule has 0 saturated carbocycles. The molecule has 1 aliphatic rings. The second-order valence-corrected chi connectivity index (χ2v) is 11.9. The summed E-state index contributed by atoms with van der Waals surface area (Å²) in [7, 11) is -10.9. The van der Waals surface area contributed by atoms with Crippen LogP contribution in [0.25, 0.3) is 0 Å². The molecule has 0 radical (unpaired) electrons. The summed E-state index contributed by atoms with van der Waals surface area (Å²) in [6, 6.07) is 1.03. The van der Waals surface area contributed by atoms with Crippen molar-refractivity contribution in [3.63, 3.8) is 0 Å². The zero-order chi connectivity index (χ0) is 22.2. The lowest BCUT2D eigenvalue weighted by atomic mass is 10.2. The third kappa shape index (κ3) is 7.16. The summed E-state index contributed by atoms with van der Waals surface area (Å²) in [6.07, 6.45) is -2.71. The van der Waals surface area contributed by atoms with E-state index in [9.17, 15) is 33.6 Å². The number of aliphatic hydroxyl groups excluding tert-OH is 1. The molecule has 0 aliphatic carbocycles. The molecule has 0 bridgehead atoms. The number of nitrogens with zero attached hydrogens (tertiary/aromatic N) is 1. The fourth-order valence-electron chi connectivity index (χ4n) is 2.20. The van der Waals surface area contributed by atoms with Gasteiger partial charge in [0.15, 0.2) is 6.23 Å². The molecular formula is C9H15N2O13P3S2. The van der Waals surface area contributed by atoms with Crippen molar-refractivity contribution in [1.29, 1.82) is 0 Å². The van der Waals surface area contributed by atoms with E-state index in [0.29, 0.717) is 0 Å². The molecule has 1 fully saturated rings. The van der Waals surface area contributed by atoms with E-state index in [1.165, 1.54) is 0 Å². The van der Waals surface area contributed by atoms with Crippen LogP contribution in [0.5, 0.6) is 0 Å². The minimum Gasteiger partial charge on any atom is -0.389 e. The number of nitrogens with one attached hydrogen (secondary N) is 1. The smallest absolute Gasteiger partial charge is 0.389 e. The predicted molar refractivity (Wildman–Crippen MR) is 101 cm³/mol. The molecule has 6 N–H and O–H groups in total. The number of thiol groups is 1. The van der Waals surface area contributed by atoms with Crippen LogP contribution in [-0.2, 0) is 38.8 Å². The molecule has 166 valence electrons. The molecule has 2 rings (SSSR count). The quantitative estimate of drug-likeness (QED) is 0.155. The zero-order valence-electron chi connectivity index (χ0n) is 13.8. The lowest BCUT2D eigenvalue weighted by Gasteiger charge is -2.21. The van der Waals surface area contributed by atoms with Gasteiger partial charge in [-0.2, -0.15) is 16.9 Å². The normalized spacial score (nSPS) is 29.3. The Morgan fingerprint density at radius 2 is 1.86 bits per heavy atom. The van der Waals surface area contributed by atoms with Crippen LogP contribution in [0.15, 0.2) is 21.9 Å². The van der Waals surface area contributed by atoms with Gasteiger partial charge in [0.1, 0.15) is 6.10 Å². The highest BCUT2D eigenvalue weighted by atomic mass is 32.5. The van der Waals surface area contributed by atoms with Gasteiger partial charge in [0, 0.05) is 12.3 Å². The number of aromatic amines is 1. The molecule has 6 atom stereocenters. The summed E-state index contributed by atoms with van der Waals surface area (Å²) in [4.78, 5) is 61.0. The Kier molecular flexibility index (Phi) is 7.86. The van der Waals surface area contributed by atoms with Gasteiger partial charge in [-0.05, 0) is 11.8 Å². The summed E-state index contributed by atoms with van der Waals surface area (Å²) in [5.74, 6) is 0. The minimum atomic E-state index is -5.49. The fraction of sp³-hybridized carbons (Fsp3) is 0.556. The molecule has 1 aromatic rings. The standard InChI is InChI=1S/C9H15N2O13P3S2/c12-5-1-2-11(9(14)10-5)8-7(28)6(13)4(22-8)3-21-27(20,29)24-26(18,19)23-25(15,16)17/h1-2,4,6-8,13,28H,3H2,(H,18,19)(H,20,29)(H,10,12,14)(H2,15,16,17)/t4-,6-,7-,8-,27?/m1/s1. The van der Waals surface area contributed by atoms with Gasteiger partial charge >= 0.3 is 28.1 Å². The van der Waals surface area contributed by atoms with Gasteiger partial charge in [0.2, 0.25) is 0 Å². The third-order valence-corrected chi connectivity index (χ3v) is 8.56. The van der Waals surface area contributed by atoms with Crippen molar-refractivity contribution in [2.45, 2.75) is 23.7 Å². The first-order valence-electron chi connectivity index (χ1n) is 7.22. The van der Waals surface area contributed by atoms with E-state index < -0.39 is 63.9 Å². The molecule has 20 heteroatoms. The fourth-order valence-corrected chi connectivity index (χ4v) is 6.57. The molecule has 0 aromatic carbocycles. The summed E-state index contributed by atoms with van der Waals surface area (Å²) in [5, 5.41) is 9.18. The van der Waals surface area contributed by atoms with Gasteiger partial charge in [-0.25, -0.2) is 18.2 Å². The van der Waals surface area contributed by atoms with Gasteiger partial charge in [-0.1, -0.05) is 0 Å². The maximum absolute atomic E-state index is 11.8. The monoisotopic (exact) mass is 516 g/mol. The van der Waals surface area contributed by atoms with E-state index in [-0.39, 0.29) is 0 Å². The Hall–Kier alpha value is -0.220. The summed E-state index contributed by atoms with van der Waals surface area (Å²) >= 11 is 8.57. The highest BCUT2D eigenvalue weighted by molar-refractivity contribution is 8.08. The second-order valence-electron chi connectivity index (χ2n) is 5.45. The predicted octanol–water partition coefficient (Wildman–Crippen LogP) is -1.45. The Morgan fingerprint density at radius 3 is 2.41 bits per heavy atom. The van der Waals surface area contributed by atoms with Gasteiger partial charge in [-0.3, -0.25) is 14.3 Å². The largest absolute Gasteiger partial charge is 0.488 e. The zero-order valence-corrected chi connectivity index (χ0v) is 18.2. The molecule has 0 amide bonds. The number of aromatic nitrogens is 2. The van der Waals surface area contributed by atoms with E-state index in [4.69, 9.17) is 19.0 Å². The lowest BCUT2D eigenvalue weighted by molar-refractivity contribution is -0.0424. The maximum Gasteiger partial charge on any atom is 0.488 e. The molecule has 1 saturated heterocycles. The molecule has 29 heavy (non-hydrogen) atoms. The molecule has 2 unspecified atom stereocenters. The first kappa shape index (κ1) is 25.0. The number of aliphatic hydroxyl groups is 1. The number of hydrogen-bond acceptors (Lipinski definition) is 11. The molecule has 2 heterocycles. The van der Waals surface area contributed by atoms with Crippen LogP contribution in [0.4, 0.5) is 0 Å². The first-order chi connectivity index (χ1) is 13.1. The minimum absolute atomic E-state index is 0.663. The van der Waals surface area contributed by atoms with E-state index >= 15 is 0 Å². The Morgan fingerprint density at radius 1 is 1.24 bits per heavy atom. The van der Waals surface area contributed by atoms with Crippen molar-refractivity contribution in [3.8, 4) is 0 Å². The van der Waals surface area contributed by atoms with Crippen LogP contribution in [-0.4, -0.2) is 58.3 Å². The van der Waals surface area contributed by atoms with Gasteiger partial charge < -0.3 is 33.9 Å². The number of H-pyrrole nitrogens is 1. The lowest BCUT2D eigenvalue weighted by Crippen LogP contribution is -2.35. The average Bonchev–Trinajstić information content (AvgIpc) is 2.78. The van der Waals surface area contributed by atoms with E-state index in [1.54, 1.807) is 0 Å². The summed E-state index contributed by atoms with van der Waals surface area (Å²) < 4.78 is 40.7. The Bertz CT molecular complexity index is 1010. The molecule has 15 nitrogen and oxygen atoms in total. The van der Waals surface area contributed by atoms with Crippen molar-refractivity contribution in [1.82, 2.24) is 9.55 Å². The highest BCUT2D eigenvalue weighted by Crippen LogP contribution is 2.66. The van der Waals surface area contributed by atoms with Crippen LogP contribution in [0.2, 0.25) is 0 Å². The molecular weight excluding hydrogens is 501 g/mol. The van der Waals surface area contributed by atoms with Crippen LogP contribution in [0.3, 0.4) is 0 Å². The van der Waals surface area contributed by atoms with Crippen molar-refractivity contribution in [2.75, 3.05) is 6.61 Å². The van der Waals surface area contributed by atoms with Gasteiger partial charge in [-0.15, -0.1) is 0 Å². The number of hydrogen-bond donors (Lipinski definition) is 7. The van der Waals surface area contributed by atoms with E-state index in [0.717, 1.165) is 16.8 Å². The molecule has 1 aromatic heterocycles. The third-order valence-electron chi connectivity index (χ3n) is 3.28. The number of phosphoric acid groups is 2. The molecule has 1 aliphatic heterocycles. The van der Waals surface area contributed by atoms with Crippen molar-refractivity contribution in [3.05, 3.63) is 33.1 Å². The first-order valence-corrected chi connectivity index (χ1v) is 13.3.